The molecule has 0 spiro atoms. The molecule has 0 bridgehead atoms. The van der Waals surface area contributed by atoms with Crippen molar-refractivity contribution >= 4 is 0 Å². The van der Waals surface area contributed by atoms with Gasteiger partial charge in [-0.15, -0.1) is 0 Å². The molecular formula is C17H20F3N3O. The van der Waals surface area contributed by atoms with Crippen molar-refractivity contribution in [1.82, 2.24) is 14.9 Å². The Hall–Kier alpha value is -2.15. The molecule has 1 aromatic heterocycles. The van der Waals surface area contributed by atoms with E-state index in [9.17, 15) is 13.2 Å². The van der Waals surface area contributed by atoms with Gasteiger partial charge in [0.05, 0.1) is 12.4 Å². The topological polar surface area (TPSA) is 38.2 Å². The summed E-state index contributed by atoms with van der Waals surface area (Å²) in [4.78, 5) is 9.21. The fourth-order valence-corrected chi connectivity index (χ4v) is 2.25. The van der Waals surface area contributed by atoms with Crippen LogP contribution >= 0.6 is 0 Å². The number of likely N-dealkylation sites (N-methyl/N-ethyl adjacent to an activating group) is 1. The van der Waals surface area contributed by atoms with Crippen molar-refractivity contribution in [3.8, 4) is 5.88 Å². The van der Waals surface area contributed by atoms with E-state index in [0.717, 1.165) is 19.3 Å². The van der Waals surface area contributed by atoms with Crippen molar-refractivity contribution in [2.45, 2.75) is 32.6 Å². The van der Waals surface area contributed by atoms with Crippen LogP contribution in [-0.2, 0) is 12.7 Å². The lowest BCUT2D eigenvalue weighted by Gasteiger charge is -2.27. The van der Waals surface area contributed by atoms with Crippen LogP contribution in [0.3, 0.4) is 0 Å². The Balaban J connectivity index is 1.90. The summed E-state index contributed by atoms with van der Waals surface area (Å²) in [7, 11) is 0. The molecule has 4 nitrogen and oxygen atoms in total. The number of hydrogen-bond acceptors (Lipinski definition) is 4. The molecule has 0 radical (unpaired) electrons. The zero-order valence-corrected chi connectivity index (χ0v) is 13.6. The van der Waals surface area contributed by atoms with Gasteiger partial charge in [0, 0.05) is 12.6 Å². The van der Waals surface area contributed by atoms with Crippen molar-refractivity contribution < 1.29 is 17.9 Å². The molecule has 1 aromatic carbocycles. The quantitative estimate of drug-likeness (QED) is 0.769. The van der Waals surface area contributed by atoms with Crippen LogP contribution < -0.4 is 4.74 Å². The number of nitrogens with zero attached hydrogens (tertiary/aromatic N) is 3. The Kier molecular flexibility index (Phi) is 6.14. The van der Waals surface area contributed by atoms with Gasteiger partial charge in [-0.3, -0.25) is 4.90 Å². The van der Waals surface area contributed by atoms with Crippen molar-refractivity contribution in [2.24, 2.45) is 0 Å². The molecule has 0 saturated carbocycles. The molecule has 2 aromatic rings. The van der Waals surface area contributed by atoms with Crippen LogP contribution in [0, 0.1) is 0 Å². The molecule has 7 heteroatoms. The number of rotatable bonds is 7. The highest BCUT2D eigenvalue weighted by molar-refractivity contribution is 5.14. The minimum Gasteiger partial charge on any atom is -0.475 e. The zero-order valence-electron chi connectivity index (χ0n) is 13.6. The van der Waals surface area contributed by atoms with Gasteiger partial charge in [0.15, 0.2) is 5.69 Å². The summed E-state index contributed by atoms with van der Waals surface area (Å²) in [6.45, 7) is 5.99. The number of hydrogen-bond donors (Lipinski definition) is 0. The molecule has 0 saturated heterocycles. The normalized spacial score (nSPS) is 13.1. The maximum atomic E-state index is 12.4. The van der Waals surface area contributed by atoms with Crippen LogP contribution in [0.2, 0.25) is 0 Å². The predicted molar refractivity (Wildman–Crippen MR) is 84.5 cm³/mol. The first kappa shape index (κ1) is 18.2. The second-order valence-electron chi connectivity index (χ2n) is 5.45. The fourth-order valence-electron chi connectivity index (χ4n) is 2.25. The Bertz CT molecular complexity index is 617. The SMILES string of the molecule is CCN(Cc1ccccc1)C(C)COc1cnc(C(F)(F)F)cn1. The molecule has 1 unspecified atom stereocenters. The summed E-state index contributed by atoms with van der Waals surface area (Å²) in [6, 6.07) is 10.1. The van der Waals surface area contributed by atoms with Gasteiger partial charge in [0.2, 0.25) is 5.88 Å². The summed E-state index contributed by atoms with van der Waals surface area (Å²) in [5.41, 5.74) is 0.169. The smallest absolute Gasteiger partial charge is 0.434 e. The molecule has 2 rings (SSSR count). The average Bonchev–Trinajstić information content (AvgIpc) is 2.58. The van der Waals surface area contributed by atoms with E-state index >= 15 is 0 Å². The second kappa shape index (κ2) is 8.10. The lowest BCUT2D eigenvalue weighted by atomic mass is 10.2. The first-order valence-electron chi connectivity index (χ1n) is 7.70. The molecule has 0 N–H and O–H groups in total. The number of ether oxygens (including phenoxy) is 1. The van der Waals surface area contributed by atoms with E-state index in [1.165, 1.54) is 5.56 Å². The molecule has 1 atom stereocenters. The first-order chi connectivity index (χ1) is 11.4. The van der Waals surface area contributed by atoms with Crippen LogP contribution in [0.5, 0.6) is 5.88 Å². The van der Waals surface area contributed by atoms with Gasteiger partial charge in [0.1, 0.15) is 6.61 Å². The molecule has 0 fully saturated rings. The van der Waals surface area contributed by atoms with Gasteiger partial charge in [-0.05, 0) is 19.0 Å². The van der Waals surface area contributed by atoms with Gasteiger partial charge < -0.3 is 4.74 Å². The maximum Gasteiger partial charge on any atom is 0.434 e. The molecule has 130 valence electrons. The Morgan fingerprint density at radius 2 is 1.83 bits per heavy atom. The number of aromatic nitrogens is 2. The minimum absolute atomic E-state index is 0.0827. The first-order valence-corrected chi connectivity index (χ1v) is 7.70. The monoisotopic (exact) mass is 339 g/mol. The third-order valence-corrected chi connectivity index (χ3v) is 3.65. The van der Waals surface area contributed by atoms with E-state index < -0.39 is 11.9 Å². The second-order valence-corrected chi connectivity index (χ2v) is 5.45. The van der Waals surface area contributed by atoms with Gasteiger partial charge in [-0.25, -0.2) is 9.97 Å². The van der Waals surface area contributed by atoms with Gasteiger partial charge in [-0.2, -0.15) is 13.2 Å². The van der Waals surface area contributed by atoms with Crippen molar-refractivity contribution in [3.63, 3.8) is 0 Å². The van der Waals surface area contributed by atoms with E-state index in [1.54, 1.807) is 0 Å². The molecule has 1 heterocycles. The van der Waals surface area contributed by atoms with Crippen LogP contribution in [0.25, 0.3) is 0 Å². The summed E-state index contributed by atoms with van der Waals surface area (Å²) < 4.78 is 42.8. The highest BCUT2D eigenvalue weighted by Gasteiger charge is 2.32. The fraction of sp³-hybridized carbons (Fsp3) is 0.412. The van der Waals surface area contributed by atoms with E-state index in [4.69, 9.17) is 4.74 Å². The number of benzene rings is 1. The Labute approximate surface area is 139 Å². The molecular weight excluding hydrogens is 319 g/mol. The summed E-state index contributed by atoms with van der Waals surface area (Å²) in [6.07, 6.45) is -2.81. The van der Waals surface area contributed by atoms with E-state index in [-0.39, 0.29) is 11.9 Å². The molecule has 0 aliphatic carbocycles. The lowest BCUT2D eigenvalue weighted by Crippen LogP contribution is -2.36. The van der Waals surface area contributed by atoms with Gasteiger partial charge in [0.25, 0.3) is 0 Å². The molecule has 0 amide bonds. The summed E-state index contributed by atoms with van der Waals surface area (Å²) in [5.74, 6) is 0.0885. The van der Waals surface area contributed by atoms with Gasteiger partial charge in [-0.1, -0.05) is 37.3 Å². The van der Waals surface area contributed by atoms with Crippen LogP contribution in [0.1, 0.15) is 25.1 Å². The van der Waals surface area contributed by atoms with E-state index in [1.807, 2.05) is 25.1 Å². The molecule has 0 aliphatic heterocycles. The predicted octanol–water partition coefficient (Wildman–Crippen LogP) is 3.78. The summed E-state index contributed by atoms with van der Waals surface area (Å²) in [5, 5.41) is 0. The Morgan fingerprint density at radius 1 is 1.12 bits per heavy atom. The van der Waals surface area contributed by atoms with Crippen molar-refractivity contribution in [3.05, 3.63) is 54.0 Å². The maximum absolute atomic E-state index is 12.4. The van der Waals surface area contributed by atoms with Crippen molar-refractivity contribution in [2.75, 3.05) is 13.2 Å². The lowest BCUT2D eigenvalue weighted by molar-refractivity contribution is -0.141. The number of halogens is 3. The highest BCUT2D eigenvalue weighted by atomic mass is 19.4. The zero-order chi connectivity index (χ0) is 17.6. The standard InChI is InChI=1S/C17H20F3N3O/c1-3-23(11-14-7-5-4-6-8-14)13(2)12-24-16-10-21-15(9-22-16)17(18,19)20/h4-10,13H,3,11-12H2,1-2H3. The average molecular weight is 339 g/mol. The summed E-state index contributed by atoms with van der Waals surface area (Å²) >= 11 is 0. The van der Waals surface area contributed by atoms with E-state index in [2.05, 4.69) is 33.9 Å². The van der Waals surface area contributed by atoms with Crippen LogP contribution in [0.4, 0.5) is 13.2 Å². The Morgan fingerprint density at radius 3 is 2.38 bits per heavy atom. The third kappa shape index (κ3) is 5.19. The minimum atomic E-state index is -4.49. The van der Waals surface area contributed by atoms with Crippen LogP contribution in [-0.4, -0.2) is 34.1 Å². The van der Waals surface area contributed by atoms with Gasteiger partial charge >= 0.3 is 6.18 Å². The number of alkyl halides is 3. The largest absolute Gasteiger partial charge is 0.475 e. The van der Waals surface area contributed by atoms with Crippen molar-refractivity contribution in [1.29, 1.82) is 0 Å². The third-order valence-electron chi connectivity index (χ3n) is 3.65. The highest BCUT2D eigenvalue weighted by Crippen LogP contribution is 2.27. The van der Waals surface area contributed by atoms with Crippen LogP contribution in [0.15, 0.2) is 42.7 Å². The van der Waals surface area contributed by atoms with E-state index in [0.29, 0.717) is 12.8 Å². The molecule has 0 aliphatic rings. The molecule has 24 heavy (non-hydrogen) atoms.